The quantitative estimate of drug-likeness (QED) is 0.391. The SMILES string of the molecule is CCCCC[CH2][Mg][I]. The molecule has 0 aromatic rings. The van der Waals surface area contributed by atoms with Crippen LogP contribution in [0.4, 0.5) is 0 Å². The maximum Gasteiger partial charge on any atom is 0.463 e. The van der Waals surface area contributed by atoms with Gasteiger partial charge < -0.3 is 18.9 Å². The van der Waals surface area contributed by atoms with Crippen LogP contribution in [0, 0.1) is 0 Å². The average molecular weight is 236 g/mol. The van der Waals surface area contributed by atoms with Gasteiger partial charge in [0.25, 0.3) is 0 Å². The fourth-order valence-electron chi connectivity index (χ4n) is 0.698. The number of hydrogen-bond acceptors (Lipinski definition) is 0. The van der Waals surface area contributed by atoms with E-state index in [4.69, 9.17) is 0 Å². The molecule has 0 saturated carbocycles. The summed E-state index contributed by atoms with van der Waals surface area (Å²) in [6, 6.07) is 0. The molecule has 2 heteroatoms. The number of hydrogen-bond donors (Lipinski definition) is 0. The standard InChI is InChI=1S/C6H13.HI.Mg/c1-3-5-6-4-2;;/h1,3-6H2,2H3;1H;/q;;+1/p-1. The van der Waals surface area contributed by atoms with Gasteiger partial charge in [0.15, 0.2) is 0 Å². The second kappa shape index (κ2) is 8.50. The Balaban J connectivity index is 2.53. The highest BCUT2D eigenvalue weighted by atomic mass is 127. The lowest BCUT2D eigenvalue weighted by Crippen LogP contribution is -1.77. The largest absolute Gasteiger partial charge is 0.463 e. The van der Waals surface area contributed by atoms with Crippen molar-refractivity contribution in [1.29, 1.82) is 0 Å². The van der Waals surface area contributed by atoms with Crippen LogP contribution in [0.5, 0.6) is 0 Å². The molecule has 0 rings (SSSR count). The third-order valence-corrected chi connectivity index (χ3v) is 4.29. The highest BCUT2D eigenvalue weighted by Crippen LogP contribution is 2.03. The van der Waals surface area contributed by atoms with Crippen molar-refractivity contribution in [3.8, 4) is 0 Å². The van der Waals surface area contributed by atoms with E-state index in [0.717, 1.165) is 0 Å². The Morgan fingerprint density at radius 3 is 2.50 bits per heavy atom. The van der Waals surface area contributed by atoms with Crippen molar-refractivity contribution in [3.05, 3.63) is 0 Å². The maximum absolute atomic E-state index is 2.58. The Morgan fingerprint density at radius 2 is 2.00 bits per heavy atom. The zero-order valence-electron chi connectivity index (χ0n) is 5.62. The fraction of sp³-hybridized carbons (Fsp3) is 1.00. The van der Waals surface area contributed by atoms with Gasteiger partial charge in [0.1, 0.15) is 0 Å². The lowest BCUT2D eigenvalue weighted by molar-refractivity contribution is 0.701. The molecule has 0 nitrogen and oxygen atoms in total. The zero-order chi connectivity index (χ0) is 6.24. The summed E-state index contributed by atoms with van der Waals surface area (Å²) >= 11 is 2.93. The van der Waals surface area contributed by atoms with Crippen LogP contribution in [0.15, 0.2) is 0 Å². The van der Waals surface area contributed by atoms with Gasteiger partial charge in [-0.15, -0.1) is 4.55 Å². The fourth-order valence-corrected chi connectivity index (χ4v) is 2.86. The van der Waals surface area contributed by atoms with Crippen LogP contribution in [0.3, 0.4) is 0 Å². The summed E-state index contributed by atoms with van der Waals surface area (Å²) in [6.45, 7) is 2.27. The third-order valence-electron chi connectivity index (χ3n) is 1.24. The first-order chi connectivity index (χ1) is 3.91. The van der Waals surface area contributed by atoms with Crippen LogP contribution in [-0.4, -0.2) is 16.5 Å². The number of rotatable bonds is 5. The van der Waals surface area contributed by atoms with Crippen molar-refractivity contribution in [3.63, 3.8) is 0 Å². The van der Waals surface area contributed by atoms with Gasteiger partial charge in [-0.2, -0.15) is 0 Å². The Labute approximate surface area is 71.9 Å². The van der Waals surface area contributed by atoms with Crippen LogP contribution in [0.2, 0.25) is 4.55 Å². The van der Waals surface area contributed by atoms with Gasteiger partial charge in [-0.05, 0) is 0 Å². The number of unbranched alkanes of at least 4 members (excludes halogenated alkanes) is 3. The van der Waals surface area contributed by atoms with E-state index >= 15 is 0 Å². The van der Waals surface area contributed by atoms with Gasteiger partial charge in [0, 0.05) is 0 Å². The molecule has 0 atom stereocenters. The molecular formula is C6H13IMg. The molecule has 0 spiro atoms. The van der Waals surface area contributed by atoms with Gasteiger partial charge in [0.2, 0.25) is 0 Å². The van der Waals surface area contributed by atoms with Crippen molar-refractivity contribution in [2.24, 2.45) is 0 Å². The summed E-state index contributed by atoms with van der Waals surface area (Å²) in [6.07, 6.45) is 5.81. The minimum atomic E-state index is 0.356. The Bertz CT molecular complexity index is 33.5. The van der Waals surface area contributed by atoms with Crippen molar-refractivity contribution >= 4 is 35.3 Å². The first-order valence-corrected chi connectivity index (χ1v) is 9.59. The predicted molar refractivity (Wildman–Crippen MR) is 48.7 cm³/mol. The minimum absolute atomic E-state index is 0.356. The first kappa shape index (κ1) is 9.50. The van der Waals surface area contributed by atoms with Crippen LogP contribution in [-0.2, 0) is 0 Å². The molecule has 8 heavy (non-hydrogen) atoms. The van der Waals surface area contributed by atoms with Gasteiger partial charge in [0.05, 0.1) is 0 Å². The molecular weight excluding hydrogens is 223 g/mol. The van der Waals surface area contributed by atoms with E-state index in [1.807, 2.05) is 0 Å². The van der Waals surface area contributed by atoms with E-state index in [1.54, 1.807) is 4.55 Å². The van der Waals surface area contributed by atoms with E-state index < -0.39 is 0 Å². The van der Waals surface area contributed by atoms with Crippen LogP contribution < -0.4 is 0 Å². The maximum atomic E-state index is 2.58. The van der Waals surface area contributed by atoms with E-state index in [-0.39, 0.29) is 0 Å². The summed E-state index contributed by atoms with van der Waals surface area (Å²) in [7, 11) is 0. The van der Waals surface area contributed by atoms with E-state index in [0.29, 0.717) is 16.5 Å². The molecule has 0 aliphatic carbocycles. The average Bonchev–Trinajstić information content (AvgIpc) is 1.81. The van der Waals surface area contributed by atoms with Crippen molar-refractivity contribution in [2.45, 2.75) is 37.2 Å². The molecule has 0 unspecified atom stereocenters. The highest BCUT2D eigenvalue weighted by molar-refractivity contribution is 14.1. The Morgan fingerprint density at radius 1 is 1.25 bits per heavy atom. The summed E-state index contributed by atoms with van der Waals surface area (Å²) < 4.78 is 1.56. The number of halogens is 1. The molecule has 0 bridgehead atoms. The zero-order valence-corrected chi connectivity index (χ0v) is 9.19. The van der Waals surface area contributed by atoms with Gasteiger partial charge in [-0.3, -0.25) is 0 Å². The predicted octanol–water partition coefficient (Wildman–Crippen LogP) is 3.04. The van der Waals surface area contributed by atoms with E-state index in [2.05, 4.69) is 25.8 Å². The lowest BCUT2D eigenvalue weighted by Gasteiger charge is -1.92. The Kier molecular flexibility index (Phi) is 10.1. The molecule has 0 saturated heterocycles. The lowest BCUT2D eigenvalue weighted by atomic mass is 10.2. The minimum Gasteiger partial charge on any atom is -0.301 e. The second-order valence-electron chi connectivity index (χ2n) is 2.10. The summed E-state index contributed by atoms with van der Waals surface area (Å²) in [5.74, 6) is 0. The molecule has 0 heterocycles. The summed E-state index contributed by atoms with van der Waals surface area (Å²) in [4.78, 5) is 0. The molecule has 0 aromatic carbocycles. The first-order valence-electron chi connectivity index (χ1n) is 3.47. The van der Waals surface area contributed by atoms with E-state index in [1.165, 1.54) is 25.7 Å². The molecule has 0 aliphatic rings. The third kappa shape index (κ3) is 7.50. The van der Waals surface area contributed by atoms with Crippen LogP contribution in [0.25, 0.3) is 0 Å². The molecule has 0 aliphatic heterocycles. The monoisotopic (exact) mass is 236 g/mol. The Hall–Kier alpha value is 1.50. The van der Waals surface area contributed by atoms with Gasteiger partial charge in [-0.25, -0.2) is 0 Å². The van der Waals surface area contributed by atoms with Crippen molar-refractivity contribution in [2.75, 3.05) is 0 Å². The van der Waals surface area contributed by atoms with Crippen LogP contribution >= 0.6 is 18.9 Å². The van der Waals surface area contributed by atoms with Gasteiger partial charge in [-0.1, -0.05) is 32.6 Å². The summed E-state index contributed by atoms with van der Waals surface area (Å²) in [5.41, 5.74) is 0. The normalized spacial score (nSPS) is 8.75. The van der Waals surface area contributed by atoms with Crippen molar-refractivity contribution < 1.29 is 0 Å². The highest BCUT2D eigenvalue weighted by Gasteiger charge is 1.88. The van der Waals surface area contributed by atoms with Gasteiger partial charge >= 0.3 is 16.5 Å². The molecule has 0 radical (unpaired) electrons. The van der Waals surface area contributed by atoms with Crippen LogP contribution in [0.1, 0.15) is 32.6 Å². The topological polar surface area (TPSA) is 0 Å². The smallest absolute Gasteiger partial charge is 0.301 e. The van der Waals surface area contributed by atoms with Crippen molar-refractivity contribution in [1.82, 2.24) is 0 Å². The molecule has 0 fully saturated rings. The second-order valence-corrected chi connectivity index (χ2v) is 6.42. The molecule has 0 amide bonds. The summed E-state index contributed by atoms with van der Waals surface area (Å²) in [5, 5.41) is 0. The van der Waals surface area contributed by atoms with E-state index in [9.17, 15) is 0 Å². The molecule has 0 N–H and O–H groups in total. The molecule has 46 valence electrons. The molecule has 0 aromatic heterocycles.